The van der Waals surface area contributed by atoms with E-state index in [1.165, 1.54) is 6.26 Å². The maximum atomic E-state index is 4.31. The molecule has 0 aromatic carbocycles. The molecule has 0 aliphatic heterocycles. The third-order valence-corrected chi connectivity index (χ3v) is 0.167. The van der Waals surface area contributed by atoms with E-state index in [0.29, 0.717) is 0 Å². The predicted molar refractivity (Wildman–Crippen MR) is 27.1 cm³/mol. The molecule has 6 heavy (non-hydrogen) atoms. The Morgan fingerprint density at radius 1 is 1.67 bits per heavy atom. The minimum atomic E-state index is 1.38. The Labute approximate surface area is 38.6 Å². The molecule has 0 aromatic rings. The average Bonchev–Trinajstić information content (AvgIpc) is 1.72. The molecule has 0 unspecified atom stereocenters. The summed E-state index contributed by atoms with van der Waals surface area (Å²) >= 11 is 0. The second-order valence-electron chi connectivity index (χ2n) is 0.402. The summed E-state index contributed by atoms with van der Waals surface area (Å²) < 4.78 is 4.31. The quantitative estimate of drug-likeness (QED) is 0.340. The Morgan fingerprint density at radius 3 is 1.83 bits per heavy atom. The SMILES string of the molecule is C#C.C=COC. The van der Waals surface area contributed by atoms with Crippen LogP contribution in [0.2, 0.25) is 0 Å². The molecule has 0 aliphatic rings. The van der Waals surface area contributed by atoms with Gasteiger partial charge in [0.2, 0.25) is 0 Å². The van der Waals surface area contributed by atoms with E-state index < -0.39 is 0 Å². The number of rotatable bonds is 1. The third-order valence-electron chi connectivity index (χ3n) is 0.167. The van der Waals surface area contributed by atoms with Gasteiger partial charge in [-0.25, -0.2) is 0 Å². The van der Waals surface area contributed by atoms with Crippen LogP contribution >= 0.6 is 0 Å². The number of hydrogen-bond acceptors (Lipinski definition) is 1. The van der Waals surface area contributed by atoms with Crippen molar-refractivity contribution in [1.82, 2.24) is 0 Å². The van der Waals surface area contributed by atoms with Gasteiger partial charge in [0.05, 0.1) is 13.4 Å². The first-order valence-electron chi connectivity index (χ1n) is 1.39. The van der Waals surface area contributed by atoms with E-state index >= 15 is 0 Å². The summed E-state index contributed by atoms with van der Waals surface area (Å²) in [7, 11) is 1.56. The molecule has 0 bridgehead atoms. The fourth-order valence-electron chi connectivity index (χ4n) is 0. The standard InChI is InChI=1S/C3H6O.C2H2/c1-3-4-2;1-2/h3H,1H2,2H3;1-2H. The summed E-state index contributed by atoms with van der Waals surface area (Å²) in [4.78, 5) is 0. The zero-order chi connectivity index (χ0) is 5.41. The van der Waals surface area contributed by atoms with Crippen LogP contribution in [-0.4, -0.2) is 7.11 Å². The van der Waals surface area contributed by atoms with E-state index in [1.807, 2.05) is 0 Å². The summed E-state index contributed by atoms with van der Waals surface area (Å²) in [6.45, 7) is 3.26. The fourth-order valence-corrected chi connectivity index (χ4v) is 0. The normalized spacial score (nSPS) is 3.83. The topological polar surface area (TPSA) is 9.23 Å². The summed E-state index contributed by atoms with van der Waals surface area (Å²) in [6, 6.07) is 0. The molecule has 0 saturated heterocycles. The highest BCUT2D eigenvalue weighted by Gasteiger charge is 1.36. The molecular formula is C5H8O. The van der Waals surface area contributed by atoms with E-state index in [0.717, 1.165) is 0 Å². The first kappa shape index (κ1) is 8.92. The lowest BCUT2D eigenvalue weighted by molar-refractivity contribution is 0.339. The second kappa shape index (κ2) is 32.6. The van der Waals surface area contributed by atoms with Gasteiger partial charge >= 0.3 is 0 Å². The Morgan fingerprint density at radius 2 is 1.83 bits per heavy atom. The molecule has 0 atom stereocenters. The van der Waals surface area contributed by atoms with Crippen molar-refractivity contribution >= 4 is 0 Å². The van der Waals surface area contributed by atoms with Gasteiger partial charge in [-0.2, -0.15) is 0 Å². The van der Waals surface area contributed by atoms with Gasteiger partial charge in [0, 0.05) is 0 Å². The fraction of sp³-hybridized carbons (Fsp3) is 0.200. The summed E-state index contributed by atoms with van der Waals surface area (Å²) in [5, 5.41) is 0. The molecule has 0 rings (SSSR count). The van der Waals surface area contributed by atoms with Crippen molar-refractivity contribution in [1.29, 1.82) is 0 Å². The number of terminal acetylenes is 1. The van der Waals surface area contributed by atoms with E-state index in [1.54, 1.807) is 7.11 Å². The minimum Gasteiger partial charge on any atom is -0.505 e. The predicted octanol–water partition coefficient (Wildman–Crippen LogP) is 1.03. The molecule has 1 nitrogen and oxygen atoms in total. The molecule has 0 spiro atoms. The van der Waals surface area contributed by atoms with Crippen molar-refractivity contribution in [2.45, 2.75) is 0 Å². The third kappa shape index (κ3) is 1370. The Bertz CT molecular complexity index is 36.4. The molecule has 0 fully saturated rings. The largest absolute Gasteiger partial charge is 0.505 e. The van der Waals surface area contributed by atoms with Gasteiger partial charge < -0.3 is 4.74 Å². The molecule has 0 saturated carbocycles. The van der Waals surface area contributed by atoms with Crippen LogP contribution in [-0.2, 0) is 4.74 Å². The first-order chi connectivity index (χ1) is 2.91. The molecule has 0 radical (unpaired) electrons. The number of ether oxygens (including phenoxy) is 1. The highest BCUT2D eigenvalue weighted by atomic mass is 16.5. The van der Waals surface area contributed by atoms with Gasteiger partial charge in [0.15, 0.2) is 0 Å². The van der Waals surface area contributed by atoms with Crippen molar-refractivity contribution in [3.05, 3.63) is 12.8 Å². The maximum absolute atomic E-state index is 4.31. The van der Waals surface area contributed by atoms with Crippen molar-refractivity contribution in [2.24, 2.45) is 0 Å². The smallest absolute Gasteiger partial charge is 0.0766 e. The van der Waals surface area contributed by atoms with Crippen molar-refractivity contribution in [3.8, 4) is 12.8 Å². The molecular weight excluding hydrogens is 76.1 g/mol. The summed E-state index contributed by atoms with van der Waals surface area (Å²) in [5.41, 5.74) is 0. The minimum absolute atomic E-state index is 1.38. The van der Waals surface area contributed by atoms with Crippen LogP contribution in [0.5, 0.6) is 0 Å². The monoisotopic (exact) mass is 84.1 g/mol. The molecule has 0 heterocycles. The van der Waals surface area contributed by atoms with Gasteiger partial charge in [-0.15, -0.1) is 12.8 Å². The van der Waals surface area contributed by atoms with Crippen LogP contribution in [0.4, 0.5) is 0 Å². The lowest BCUT2D eigenvalue weighted by atomic mass is 11.2. The van der Waals surface area contributed by atoms with Crippen LogP contribution < -0.4 is 0 Å². The Balaban J connectivity index is 0. The highest BCUT2D eigenvalue weighted by molar-refractivity contribution is 4.47. The molecule has 0 N–H and O–H groups in total. The van der Waals surface area contributed by atoms with Crippen LogP contribution in [0.25, 0.3) is 0 Å². The van der Waals surface area contributed by atoms with Crippen LogP contribution in [0.15, 0.2) is 12.8 Å². The Kier molecular flexibility index (Phi) is 48.4. The van der Waals surface area contributed by atoms with E-state index in [-0.39, 0.29) is 0 Å². The van der Waals surface area contributed by atoms with Crippen LogP contribution in [0.3, 0.4) is 0 Å². The molecule has 0 aromatic heterocycles. The Hall–Kier alpha value is -0.900. The average molecular weight is 84.1 g/mol. The van der Waals surface area contributed by atoms with E-state index in [2.05, 4.69) is 24.2 Å². The molecule has 0 amide bonds. The molecule has 0 aliphatic carbocycles. The second-order valence-corrected chi connectivity index (χ2v) is 0.402. The van der Waals surface area contributed by atoms with E-state index in [4.69, 9.17) is 0 Å². The van der Waals surface area contributed by atoms with Crippen LogP contribution in [0, 0.1) is 12.8 Å². The number of hydrogen-bond donors (Lipinski definition) is 0. The lowest BCUT2D eigenvalue weighted by Crippen LogP contribution is -1.54. The summed E-state index contributed by atoms with van der Waals surface area (Å²) in [5.74, 6) is 0. The van der Waals surface area contributed by atoms with Crippen molar-refractivity contribution in [2.75, 3.05) is 7.11 Å². The van der Waals surface area contributed by atoms with Gasteiger partial charge in [-0.05, 0) is 0 Å². The van der Waals surface area contributed by atoms with Gasteiger partial charge in [0.1, 0.15) is 0 Å². The van der Waals surface area contributed by atoms with Gasteiger partial charge in [0.25, 0.3) is 0 Å². The molecule has 1 heteroatoms. The first-order valence-corrected chi connectivity index (χ1v) is 1.39. The van der Waals surface area contributed by atoms with Crippen LogP contribution in [0.1, 0.15) is 0 Å². The van der Waals surface area contributed by atoms with Gasteiger partial charge in [-0.3, -0.25) is 0 Å². The zero-order valence-corrected chi connectivity index (χ0v) is 3.85. The van der Waals surface area contributed by atoms with Gasteiger partial charge in [-0.1, -0.05) is 6.58 Å². The number of methoxy groups -OCH3 is 1. The van der Waals surface area contributed by atoms with Crippen molar-refractivity contribution in [3.63, 3.8) is 0 Å². The highest BCUT2D eigenvalue weighted by Crippen LogP contribution is 1.52. The van der Waals surface area contributed by atoms with E-state index in [9.17, 15) is 0 Å². The zero-order valence-electron chi connectivity index (χ0n) is 3.85. The maximum Gasteiger partial charge on any atom is 0.0766 e. The summed E-state index contributed by atoms with van der Waals surface area (Å²) in [6.07, 6.45) is 9.38. The molecule has 34 valence electrons. The lowest BCUT2D eigenvalue weighted by Gasteiger charge is -1.73. The van der Waals surface area contributed by atoms with Crippen molar-refractivity contribution < 1.29 is 4.74 Å².